The van der Waals surface area contributed by atoms with Crippen LogP contribution in [0.25, 0.3) is 0 Å². The summed E-state index contributed by atoms with van der Waals surface area (Å²) in [5.74, 6) is 3.27. The normalized spacial score (nSPS) is 21.8. The summed E-state index contributed by atoms with van der Waals surface area (Å²) in [7, 11) is 0.151. The van der Waals surface area contributed by atoms with Gasteiger partial charge in [0.25, 0.3) is 0 Å². The Morgan fingerprint density at radius 2 is 2.22 bits per heavy atom. The molecule has 5 heteroatoms. The number of piperidine rings is 1. The Hall–Kier alpha value is -0.833. The molecule has 0 unspecified atom stereocenters. The predicted molar refractivity (Wildman–Crippen MR) is 73.7 cm³/mol. The Labute approximate surface area is 110 Å². The van der Waals surface area contributed by atoms with Gasteiger partial charge in [-0.15, -0.1) is 5.54 Å². The van der Waals surface area contributed by atoms with E-state index in [1.807, 2.05) is 0 Å². The van der Waals surface area contributed by atoms with Gasteiger partial charge in [-0.2, -0.15) is 0 Å². The maximum absolute atomic E-state index is 11.4. The second kappa shape index (κ2) is 6.93. The number of carbonyl (C=O) groups is 1. The molecule has 1 N–H and O–H groups in total. The Morgan fingerprint density at radius 3 is 2.78 bits per heavy atom. The third-order valence-corrected chi connectivity index (χ3v) is 3.48. The monoisotopic (exact) mass is 269 g/mol. The number of hydrogen-bond donors (Lipinski definition) is 1. The lowest BCUT2D eigenvalue weighted by molar-refractivity contribution is -0.126. The zero-order valence-electron chi connectivity index (χ0n) is 11.7. The average molecular weight is 269 g/mol. The van der Waals surface area contributed by atoms with Crippen molar-refractivity contribution >= 4 is 14.0 Å². The molecule has 102 valence electrons. The van der Waals surface area contributed by atoms with E-state index in [0.717, 1.165) is 12.8 Å². The van der Waals surface area contributed by atoms with Gasteiger partial charge in [0.2, 0.25) is 5.91 Å². The van der Waals surface area contributed by atoms with E-state index in [4.69, 9.17) is 9.47 Å². The summed E-state index contributed by atoms with van der Waals surface area (Å²) >= 11 is 0. The number of rotatable bonds is 4. The Kier molecular flexibility index (Phi) is 5.86. The lowest BCUT2D eigenvalue weighted by Crippen LogP contribution is -2.47. The van der Waals surface area contributed by atoms with Crippen LogP contribution >= 0.6 is 0 Å². The molecule has 1 aliphatic rings. The molecule has 0 radical (unpaired) electrons. The number of hydrogen-bond acceptors (Lipinski definition) is 3. The van der Waals surface area contributed by atoms with Gasteiger partial charge < -0.3 is 14.8 Å². The second-order valence-electron chi connectivity index (χ2n) is 5.58. The maximum Gasteiger partial charge on any atom is 0.220 e. The van der Waals surface area contributed by atoms with Crippen LogP contribution in [0.5, 0.6) is 0 Å². The fraction of sp³-hybridized carbons (Fsp3) is 0.769. The molecule has 1 amide bonds. The van der Waals surface area contributed by atoms with E-state index < -0.39 is 8.07 Å². The molecule has 0 aliphatic carbocycles. The molecular formula is C13H23NO3Si. The van der Waals surface area contributed by atoms with Gasteiger partial charge in [0.15, 0.2) is 0 Å². The first-order valence-corrected chi connectivity index (χ1v) is 9.85. The third-order valence-electron chi connectivity index (χ3n) is 2.59. The smallest absolute Gasteiger partial charge is 0.220 e. The van der Waals surface area contributed by atoms with Crippen molar-refractivity contribution in [1.82, 2.24) is 5.32 Å². The molecule has 0 aromatic heterocycles. The van der Waals surface area contributed by atoms with Crippen molar-refractivity contribution in [3.8, 4) is 11.5 Å². The molecule has 4 nitrogen and oxygen atoms in total. The second-order valence-corrected chi connectivity index (χ2v) is 10.3. The van der Waals surface area contributed by atoms with Gasteiger partial charge in [0, 0.05) is 13.5 Å². The lowest BCUT2D eigenvalue weighted by Gasteiger charge is -2.28. The van der Waals surface area contributed by atoms with E-state index in [9.17, 15) is 4.79 Å². The SMILES string of the molecule is COCO[C@@H](C#C[Si](C)(C)C)[C@H]1CCCC(=O)N1. The highest BCUT2D eigenvalue weighted by Crippen LogP contribution is 2.14. The first-order chi connectivity index (χ1) is 8.42. The van der Waals surface area contributed by atoms with Crippen LogP contribution in [0.15, 0.2) is 0 Å². The Bertz CT molecular complexity index is 340. The zero-order valence-corrected chi connectivity index (χ0v) is 12.7. The van der Waals surface area contributed by atoms with Crippen molar-refractivity contribution in [2.75, 3.05) is 13.9 Å². The minimum atomic E-state index is -1.43. The molecule has 1 aliphatic heterocycles. The highest BCUT2D eigenvalue weighted by Gasteiger charge is 2.26. The highest BCUT2D eigenvalue weighted by atomic mass is 28.3. The first kappa shape index (κ1) is 15.2. The molecule has 1 heterocycles. The molecule has 0 aromatic rings. The minimum Gasteiger partial charge on any atom is -0.359 e. The van der Waals surface area contributed by atoms with Crippen molar-refractivity contribution in [3.63, 3.8) is 0 Å². The van der Waals surface area contributed by atoms with Crippen LogP contribution in [0.3, 0.4) is 0 Å². The van der Waals surface area contributed by atoms with Crippen LogP contribution in [0.1, 0.15) is 19.3 Å². The highest BCUT2D eigenvalue weighted by molar-refractivity contribution is 6.83. The summed E-state index contributed by atoms with van der Waals surface area (Å²) in [6.45, 7) is 6.77. The summed E-state index contributed by atoms with van der Waals surface area (Å²) in [6, 6.07) is -0.00903. The summed E-state index contributed by atoms with van der Waals surface area (Å²) in [4.78, 5) is 11.4. The number of methoxy groups -OCH3 is 1. The third kappa shape index (κ3) is 5.67. The Balaban J connectivity index is 2.69. The van der Waals surface area contributed by atoms with Gasteiger partial charge in [-0.25, -0.2) is 0 Å². The van der Waals surface area contributed by atoms with Gasteiger partial charge in [0.05, 0.1) is 6.04 Å². The van der Waals surface area contributed by atoms with Gasteiger partial charge in [0.1, 0.15) is 21.0 Å². The van der Waals surface area contributed by atoms with Gasteiger partial charge in [-0.05, 0) is 12.8 Å². The van der Waals surface area contributed by atoms with E-state index in [1.54, 1.807) is 7.11 Å². The summed E-state index contributed by atoms with van der Waals surface area (Å²) in [5.41, 5.74) is 3.30. The molecule has 1 fully saturated rings. The largest absolute Gasteiger partial charge is 0.359 e. The number of nitrogens with one attached hydrogen (secondary N) is 1. The van der Waals surface area contributed by atoms with Gasteiger partial charge in [-0.1, -0.05) is 25.6 Å². The summed E-state index contributed by atoms with van der Waals surface area (Å²) in [5, 5.41) is 2.96. The quantitative estimate of drug-likeness (QED) is 0.478. The van der Waals surface area contributed by atoms with Crippen molar-refractivity contribution in [2.45, 2.75) is 51.0 Å². The van der Waals surface area contributed by atoms with E-state index in [2.05, 4.69) is 36.4 Å². The summed E-state index contributed by atoms with van der Waals surface area (Å²) < 4.78 is 10.5. The molecule has 18 heavy (non-hydrogen) atoms. The molecule has 0 spiro atoms. The molecule has 2 atom stereocenters. The van der Waals surface area contributed by atoms with Crippen LogP contribution in [-0.2, 0) is 14.3 Å². The van der Waals surface area contributed by atoms with Crippen LogP contribution in [0.4, 0.5) is 0 Å². The van der Waals surface area contributed by atoms with Crippen molar-refractivity contribution in [2.24, 2.45) is 0 Å². The molecule has 1 rings (SSSR count). The number of amides is 1. The number of ether oxygens (including phenoxy) is 2. The topological polar surface area (TPSA) is 47.6 Å². The van der Waals surface area contributed by atoms with E-state index >= 15 is 0 Å². The minimum absolute atomic E-state index is 0.00903. The average Bonchev–Trinajstić information content (AvgIpc) is 2.28. The lowest BCUT2D eigenvalue weighted by atomic mass is 10.00. The zero-order chi connectivity index (χ0) is 13.6. The fourth-order valence-corrected chi connectivity index (χ4v) is 2.32. The standard InChI is InChI=1S/C13H23NO3Si/c1-16-10-17-12(8-9-18(2,3)4)11-6-5-7-13(15)14-11/h11-12H,5-7,10H2,1-4H3,(H,14,15)/t11-,12+/m1/s1. The van der Waals surface area contributed by atoms with Crippen LogP contribution in [0.2, 0.25) is 19.6 Å². The maximum atomic E-state index is 11.4. The van der Waals surface area contributed by atoms with Crippen LogP contribution in [-0.4, -0.2) is 40.0 Å². The molecule has 0 aromatic carbocycles. The molecular weight excluding hydrogens is 246 g/mol. The molecule has 0 saturated carbocycles. The van der Waals surface area contributed by atoms with E-state index in [0.29, 0.717) is 6.42 Å². The van der Waals surface area contributed by atoms with Crippen molar-refractivity contribution < 1.29 is 14.3 Å². The first-order valence-electron chi connectivity index (χ1n) is 6.35. The Morgan fingerprint density at radius 1 is 1.50 bits per heavy atom. The van der Waals surface area contributed by atoms with Crippen LogP contribution in [0, 0.1) is 11.5 Å². The van der Waals surface area contributed by atoms with Crippen molar-refractivity contribution in [3.05, 3.63) is 0 Å². The van der Waals surface area contributed by atoms with Crippen LogP contribution < -0.4 is 5.32 Å². The van der Waals surface area contributed by atoms with E-state index in [-0.39, 0.29) is 24.8 Å². The van der Waals surface area contributed by atoms with Crippen molar-refractivity contribution in [1.29, 1.82) is 0 Å². The van der Waals surface area contributed by atoms with E-state index in [1.165, 1.54) is 0 Å². The van der Waals surface area contributed by atoms with Gasteiger partial charge in [-0.3, -0.25) is 4.79 Å². The van der Waals surface area contributed by atoms with Gasteiger partial charge >= 0.3 is 0 Å². The summed E-state index contributed by atoms with van der Waals surface area (Å²) in [6.07, 6.45) is 2.16. The molecule has 1 saturated heterocycles. The number of carbonyl (C=O) groups excluding carboxylic acids is 1. The predicted octanol–water partition coefficient (Wildman–Crippen LogP) is 1.53. The molecule has 0 bridgehead atoms. The fourth-order valence-electron chi connectivity index (χ4n) is 1.75.